The zero-order valence-electron chi connectivity index (χ0n) is 15.5. The lowest BCUT2D eigenvalue weighted by Crippen LogP contribution is -1.99. The van der Waals surface area contributed by atoms with Crippen LogP contribution in [0.2, 0.25) is 0 Å². The molecule has 0 amide bonds. The zero-order chi connectivity index (χ0) is 19.7. The summed E-state index contributed by atoms with van der Waals surface area (Å²) in [5.41, 5.74) is 3.19. The van der Waals surface area contributed by atoms with Crippen LogP contribution in [0.3, 0.4) is 0 Å². The molecule has 28 heavy (non-hydrogen) atoms. The molecule has 7 nitrogen and oxygen atoms in total. The van der Waals surface area contributed by atoms with Crippen LogP contribution in [-0.2, 0) is 0 Å². The number of methoxy groups -OCH3 is 3. The molecule has 0 spiro atoms. The van der Waals surface area contributed by atoms with Crippen LogP contribution in [0.5, 0.6) is 17.2 Å². The predicted octanol–water partition coefficient (Wildman–Crippen LogP) is 4.25. The average molecular weight is 441 g/mol. The van der Waals surface area contributed by atoms with Crippen molar-refractivity contribution in [3.8, 4) is 39.9 Å². The van der Waals surface area contributed by atoms with E-state index in [1.807, 2.05) is 48.5 Å². The molecular formula is C20H17BrN4O3. The molecule has 2 heterocycles. The Bertz CT molecular complexity index is 1130. The smallest absolute Gasteiger partial charge is 0.203 e. The van der Waals surface area contributed by atoms with Gasteiger partial charge < -0.3 is 14.2 Å². The van der Waals surface area contributed by atoms with Gasteiger partial charge >= 0.3 is 0 Å². The van der Waals surface area contributed by atoms with E-state index < -0.39 is 0 Å². The second kappa shape index (κ2) is 7.47. The highest BCUT2D eigenvalue weighted by Crippen LogP contribution is 2.40. The molecule has 0 aliphatic heterocycles. The second-order valence-electron chi connectivity index (χ2n) is 5.94. The maximum Gasteiger partial charge on any atom is 0.203 e. The lowest BCUT2D eigenvalue weighted by Gasteiger charge is -2.13. The third kappa shape index (κ3) is 3.16. The van der Waals surface area contributed by atoms with Crippen molar-refractivity contribution in [1.29, 1.82) is 0 Å². The van der Waals surface area contributed by atoms with Gasteiger partial charge in [-0.05, 0) is 36.4 Å². The van der Waals surface area contributed by atoms with Crippen LogP contribution in [0.4, 0.5) is 0 Å². The summed E-state index contributed by atoms with van der Waals surface area (Å²) in [4.78, 5) is 0. The molecule has 0 saturated heterocycles. The van der Waals surface area contributed by atoms with Gasteiger partial charge in [-0.15, -0.1) is 10.2 Å². The molecule has 4 aromatic rings. The largest absolute Gasteiger partial charge is 0.493 e. The summed E-state index contributed by atoms with van der Waals surface area (Å²) in [7, 11) is 4.72. The fraction of sp³-hybridized carbons (Fsp3) is 0.150. The fourth-order valence-corrected chi connectivity index (χ4v) is 3.38. The minimum Gasteiger partial charge on any atom is -0.493 e. The third-order valence-corrected chi connectivity index (χ3v) is 4.80. The summed E-state index contributed by atoms with van der Waals surface area (Å²) in [5.74, 6) is 2.17. The molecule has 4 rings (SSSR count). The Morgan fingerprint density at radius 1 is 0.821 bits per heavy atom. The highest BCUT2D eigenvalue weighted by molar-refractivity contribution is 9.10. The van der Waals surface area contributed by atoms with Gasteiger partial charge in [-0.3, -0.25) is 0 Å². The molecule has 0 fully saturated rings. The van der Waals surface area contributed by atoms with Crippen LogP contribution in [-0.4, -0.2) is 41.1 Å². The first-order valence-electron chi connectivity index (χ1n) is 8.43. The predicted molar refractivity (Wildman–Crippen MR) is 109 cm³/mol. The second-order valence-corrected chi connectivity index (χ2v) is 6.85. The van der Waals surface area contributed by atoms with E-state index in [-0.39, 0.29) is 0 Å². The van der Waals surface area contributed by atoms with Crippen LogP contribution in [0.25, 0.3) is 28.3 Å². The van der Waals surface area contributed by atoms with Crippen LogP contribution < -0.4 is 14.2 Å². The summed E-state index contributed by atoms with van der Waals surface area (Å²) in [6, 6.07) is 15.4. The van der Waals surface area contributed by atoms with E-state index in [9.17, 15) is 0 Å². The maximum atomic E-state index is 5.45. The Labute approximate surface area is 170 Å². The number of nitrogens with zero attached hydrogens (tertiary/aromatic N) is 4. The minimum atomic E-state index is 0.519. The molecule has 2 aromatic heterocycles. The van der Waals surface area contributed by atoms with Crippen LogP contribution in [0.1, 0.15) is 0 Å². The first-order chi connectivity index (χ1) is 13.6. The van der Waals surface area contributed by atoms with Crippen molar-refractivity contribution in [2.75, 3.05) is 21.3 Å². The van der Waals surface area contributed by atoms with Crippen molar-refractivity contribution in [2.45, 2.75) is 0 Å². The molecule has 2 aromatic carbocycles. The van der Waals surface area contributed by atoms with Gasteiger partial charge in [0.2, 0.25) is 5.75 Å². The van der Waals surface area contributed by atoms with Gasteiger partial charge in [0.1, 0.15) is 0 Å². The van der Waals surface area contributed by atoms with Gasteiger partial charge in [0.05, 0.1) is 27.0 Å². The summed E-state index contributed by atoms with van der Waals surface area (Å²) in [6.07, 6.45) is 0. The van der Waals surface area contributed by atoms with E-state index in [1.165, 1.54) is 0 Å². The van der Waals surface area contributed by atoms with E-state index in [0.29, 0.717) is 28.7 Å². The number of rotatable bonds is 5. The molecule has 0 aliphatic carbocycles. The first-order valence-corrected chi connectivity index (χ1v) is 9.22. The van der Waals surface area contributed by atoms with E-state index in [1.54, 1.807) is 25.8 Å². The van der Waals surface area contributed by atoms with Gasteiger partial charge in [-0.2, -0.15) is 9.61 Å². The van der Waals surface area contributed by atoms with E-state index in [2.05, 4.69) is 26.1 Å². The van der Waals surface area contributed by atoms with Crippen LogP contribution in [0, 0.1) is 0 Å². The molecule has 0 atom stereocenters. The standard InChI is InChI=1S/C20H17BrN4O3/c1-26-16-10-13(11-17(27-2)19(16)28-3)20-23-22-18-8-7-15(24-25(18)20)12-5-4-6-14(21)9-12/h4-11H,1-3H3. The molecule has 0 aliphatic rings. The molecule has 0 saturated carbocycles. The average Bonchev–Trinajstić information content (AvgIpc) is 3.15. The number of ether oxygens (including phenoxy) is 3. The first kappa shape index (κ1) is 18.2. The van der Waals surface area contributed by atoms with Gasteiger partial charge in [0, 0.05) is 15.6 Å². The maximum absolute atomic E-state index is 5.45. The van der Waals surface area contributed by atoms with Crippen molar-refractivity contribution in [3.05, 3.63) is 53.0 Å². The Morgan fingerprint density at radius 2 is 1.57 bits per heavy atom. The molecule has 8 heteroatoms. The van der Waals surface area contributed by atoms with Crippen molar-refractivity contribution in [1.82, 2.24) is 19.8 Å². The Hall–Kier alpha value is -3.13. The lowest BCUT2D eigenvalue weighted by atomic mass is 10.1. The highest BCUT2D eigenvalue weighted by atomic mass is 79.9. The lowest BCUT2D eigenvalue weighted by molar-refractivity contribution is 0.324. The van der Waals surface area contributed by atoms with E-state index in [4.69, 9.17) is 19.3 Å². The van der Waals surface area contributed by atoms with E-state index in [0.717, 1.165) is 21.3 Å². The van der Waals surface area contributed by atoms with Crippen LogP contribution >= 0.6 is 15.9 Å². The molecular weight excluding hydrogens is 424 g/mol. The number of aromatic nitrogens is 4. The Kier molecular flexibility index (Phi) is 4.87. The molecule has 0 unspecified atom stereocenters. The summed E-state index contributed by atoms with van der Waals surface area (Å²) in [6.45, 7) is 0. The molecule has 0 bridgehead atoms. The van der Waals surface area contributed by atoms with Crippen molar-refractivity contribution in [3.63, 3.8) is 0 Å². The number of fused-ring (bicyclic) bond motifs is 1. The van der Waals surface area contributed by atoms with Crippen molar-refractivity contribution >= 4 is 21.6 Å². The Morgan fingerprint density at radius 3 is 2.21 bits per heavy atom. The fourth-order valence-electron chi connectivity index (χ4n) is 2.98. The molecule has 0 radical (unpaired) electrons. The van der Waals surface area contributed by atoms with Crippen LogP contribution in [0.15, 0.2) is 53.0 Å². The SMILES string of the molecule is COc1cc(-c2nnc3ccc(-c4cccc(Br)c4)nn23)cc(OC)c1OC. The monoisotopic (exact) mass is 440 g/mol. The number of halogens is 1. The van der Waals surface area contributed by atoms with Crippen molar-refractivity contribution < 1.29 is 14.2 Å². The number of hydrogen-bond acceptors (Lipinski definition) is 6. The normalized spacial score (nSPS) is 10.9. The third-order valence-electron chi connectivity index (χ3n) is 4.31. The van der Waals surface area contributed by atoms with Gasteiger partial charge in [-0.25, -0.2) is 0 Å². The molecule has 0 N–H and O–H groups in total. The summed E-state index contributed by atoms with van der Waals surface area (Å²) < 4.78 is 19.0. The van der Waals surface area contributed by atoms with E-state index >= 15 is 0 Å². The Balaban J connectivity index is 1.89. The highest BCUT2D eigenvalue weighted by Gasteiger charge is 2.18. The van der Waals surface area contributed by atoms with Gasteiger partial charge in [-0.1, -0.05) is 28.1 Å². The summed E-state index contributed by atoms with van der Waals surface area (Å²) >= 11 is 3.50. The minimum absolute atomic E-state index is 0.519. The van der Waals surface area contributed by atoms with Gasteiger partial charge in [0.15, 0.2) is 23.0 Å². The number of benzene rings is 2. The molecule has 142 valence electrons. The van der Waals surface area contributed by atoms with Gasteiger partial charge in [0.25, 0.3) is 0 Å². The topological polar surface area (TPSA) is 70.8 Å². The summed E-state index contributed by atoms with van der Waals surface area (Å²) in [5, 5.41) is 13.3. The zero-order valence-corrected chi connectivity index (χ0v) is 17.1. The quantitative estimate of drug-likeness (QED) is 0.461. The number of hydrogen-bond donors (Lipinski definition) is 0. The van der Waals surface area contributed by atoms with Crippen molar-refractivity contribution in [2.24, 2.45) is 0 Å².